The van der Waals surface area contributed by atoms with E-state index < -0.39 is 0 Å². The lowest BCUT2D eigenvalue weighted by Gasteiger charge is -2.26. The molecule has 13 heavy (non-hydrogen) atoms. The summed E-state index contributed by atoms with van der Waals surface area (Å²) < 4.78 is 0. The van der Waals surface area contributed by atoms with Crippen molar-refractivity contribution < 1.29 is 0 Å². The minimum Gasteiger partial charge on any atom is -0.314 e. The average Bonchev–Trinajstić information content (AvgIpc) is 1.88. The molecule has 1 heterocycles. The van der Waals surface area contributed by atoms with Gasteiger partial charge in [0.1, 0.15) is 0 Å². The van der Waals surface area contributed by atoms with Crippen LogP contribution in [0.25, 0.3) is 0 Å². The van der Waals surface area contributed by atoms with Gasteiger partial charge in [-0.2, -0.15) is 0 Å². The third-order valence-corrected chi connectivity index (χ3v) is 1.71. The van der Waals surface area contributed by atoms with E-state index in [1.165, 1.54) is 0 Å². The molecule has 2 N–H and O–H groups in total. The van der Waals surface area contributed by atoms with Crippen molar-refractivity contribution in [1.82, 2.24) is 15.5 Å². The molecule has 1 aliphatic heterocycles. The van der Waals surface area contributed by atoms with Crippen molar-refractivity contribution in [2.75, 3.05) is 40.3 Å². The van der Waals surface area contributed by atoms with Crippen molar-refractivity contribution in [3.05, 3.63) is 0 Å². The molecule has 0 aromatic rings. The predicted octanol–water partition coefficient (Wildman–Crippen LogP) is 0.375. The van der Waals surface area contributed by atoms with Gasteiger partial charge in [0.2, 0.25) is 0 Å². The van der Waals surface area contributed by atoms with Crippen LogP contribution in [0.1, 0.15) is 0 Å². The molecule has 0 aromatic heterocycles. The second kappa shape index (κ2) is 10.8. The molecule has 0 radical (unpaired) electrons. The highest BCUT2D eigenvalue weighted by atomic mass is 35.5. The fourth-order valence-corrected chi connectivity index (χ4v) is 1.28. The number of rotatable bonds is 2. The van der Waals surface area contributed by atoms with Gasteiger partial charge in [-0.1, -0.05) is 0 Å². The minimum atomic E-state index is 0. The zero-order valence-electron chi connectivity index (χ0n) is 8.08. The summed E-state index contributed by atoms with van der Waals surface area (Å²) in [6, 6.07) is 0.642. The molecule has 1 atom stereocenters. The molecular weight excluding hydrogens is 232 g/mol. The van der Waals surface area contributed by atoms with Gasteiger partial charge in [0.25, 0.3) is 0 Å². The topological polar surface area (TPSA) is 27.3 Å². The van der Waals surface area contributed by atoms with Crippen molar-refractivity contribution in [1.29, 1.82) is 0 Å². The van der Waals surface area contributed by atoms with E-state index in [0.717, 1.165) is 26.2 Å². The largest absolute Gasteiger partial charge is 0.314 e. The third-order valence-electron chi connectivity index (χ3n) is 1.71. The Hall–Kier alpha value is 0.750. The van der Waals surface area contributed by atoms with Crippen molar-refractivity contribution in [2.45, 2.75) is 6.04 Å². The molecule has 3 nitrogen and oxygen atoms in total. The zero-order valence-corrected chi connectivity index (χ0v) is 10.5. The van der Waals surface area contributed by atoms with Gasteiger partial charge in [0, 0.05) is 32.2 Å². The second-order valence-electron chi connectivity index (χ2n) is 3.12. The lowest BCUT2D eigenvalue weighted by atomic mass is 10.2. The molecule has 0 aliphatic carbocycles. The van der Waals surface area contributed by atoms with Gasteiger partial charge < -0.3 is 15.5 Å². The van der Waals surface area contributed by atoms with E-state index in [1.807, 2.05) is 0 Å². The van der Waals surface area contributed by atoms with Crippen LogP contribution >= 0.6 is 37.2 Å². The SMILES string of the molecule is CN(C)CC1CNCCN1.Cl.Cl.Cl. The monoisotopic (exact) mass is 251 g/mol. The number of nitrogens with zero attached hydrogens (tertiary/aromatic N) is 1. The number of hydrogen-bond acceptors (Lipinski definition) is 3. The van der Waals surface area contributed by atoms with E-state index in [0.29, 0.717) is 6.04 Å². The van der Waals surface area contributed by atoms with Crippen LogP contribution in [0.4, 0.5) is 0 Å². The van der Waals surface area contributed by atoms with Crippen LogP contribution in [-0.2, 0) is 0 Å². The average molecular weight is 253 g/mol. The molecule has 0 saturated carbocycles. The molecule has 1 saturated heterocycles. The van der Waals surface area contributed by atoms with Crippen molar-refractivity contribution >= 4 is 37.2 Å². The van der Waals surface area contributed by atoms with Crippen molar-refractivity contribution in [3.8, 4) is 0 Å². The van der Waals surface area contributed by atoms with Gasteiger partial charge in [0.05, 0.1) is 0 Å². The van der Waals surface area contributed by atoms with Crippen LogP contribution in [-0.4, -0.2) is 51.2 Å². The van der Waals surface area contributed by atoms with Crippen LogP contribution < -0.4 is 10.6 Å². The Labute approximate surface area is 99.2 Å². The first-order valence-electron chi connectivity index (χ1n) is 3.88. The number of halogens is 3. The standard InChI is InChI=1S/C7H17N3.3ClH/c1-10(2)6-7-5-8-3-4-9-7;;;/h7-9H,3-6H2,1-2H3;3*1H. The first-order chi connectivity index (χ1) is 4.79. The maximum Gasteiger partial charge on any atom is 0.0320 e. The molecule has 0 spiro atoms. The van der Waals surface area contributed by atoms with Gasteiger partial charge in [-0.25, -0.2) is 0 Å². The Balaban J connectivity index is -0.000000333. The second-order valence-corrected chi connectivity index (χ2v) is 3.12. The molecule has 6 heteroatoms. The van der Waals surface area contributed by atoms with E-state index in [4.69, 9.17) is 0 Å². The molecule has 1 aliphatic rings. The molecular formula is C7H20Cl3N3. The van der Waals surface area contributed by atoms with E-state index in [2.05, 4.69) is 29.6 Å². The predicted molar refractivity (Wildman–Crippen MR) is 65.0 cm³/mol. The summed E-state index contributed by atoms with van der Waals surface area (Å²) in [4.78, 5) is 2.21. The Morgan fingerprint density at radius 2 is 1.77 bits per heavy atom. The van der Waals surface area contributed by atoms with Gasteiger partial charge >= 0.3 is 0 Å². The quantitative estimate of drug-likeness (QED) is 0.744. The molecule has 0 amide bonds. The zero-order chi connectivity index (χ0) is 7.40. The summed E-state index contributed by atoms with van der Waals surface area (Å²) in [6.07, 6.45) is 0. The van der Waals surface area contributed by atoms with Crippen molar-refractivity contribution in [3.63, 3.8) is 0 Å². The van der Waals surface area contributed by atoms with Gasteiger partial charge in [0.15, 0.2) is 0 Å². The Morgan fingerprint density at radius 3 is 2.15 bits per heavy atom. The molecule has 1 rings (SSSR count). The fourth-order valence-electron chi connectivity index (χ4n) is 1.28. The molecule has 0 aromatic carbocycles. The fraction of sp³-hybridized carbons (Fsp3) is 1.00. The maximum absolute atomic E-state index is 3.45. The number of hydrogen-bond donors (Lipinski definition) is 2. The van der Waals surface area contributed by atoms with Crippen LogP contribution in [0, 0.1) is 0 Å². The summed E-state index contributed by atoms with van der Waals surface area (Å²) in [6.45, 7) is 4.47. The van der Waals surface area contributed by atoms with E-state index >= 15 is 0 Å². The number of likely N-dealkylation sites (N-methyl/N-ethyl adjacent to an activating group) is 1. The normalized spacial score (nSPS) is 21.0. The highest BCUT2D eigenvalue weighted by Gasteiger charge is 2.11. The maximum atomic E-state index is 3.45. The van der Waals surface area contributed by atoms with Crippen LogP contribution in [0.3, 0.4) is 0 Å². The Morgan fingerprint density at radius 1 is 1.15 bits per heavy atom. The van der Waals surface area contributed by atoms with Gasteiger partial charge in [-0.3, -0.25) is 0 Å². The Bertz CT molecular complexity index is 97.0. The smallest absolute Gasteiger partial charge is 0.0320 e. The molecule has 1 unspecified atom stereocenters. The lowest BCUT2D eigenvalue weighted by Crippen LogP contribution is -2.52. The van der Waals surface area contributed by atoms with Gasteiger partial charge in [-0.05, 0) is 14.1 Å². The summed E-state index contributed by atoms with van der Waals surface area (Å²) in [5.74, 6) is 0. The summed E-state index contributed by atoms with van der Waals surface area (Å²) >= 11 is 0. The lowest BCUT2D eigenvalue weighted by molar-refractivity contribution is 0.309. The highest BCUT2D eigenvalue weighted by molar-refractivity contribution is 5.86. The number of piperazine rings is 1. The van der Waals surface area contributed by atoms with Crippen LogP contribution in [0.15, 0.2) is 0 Å². The minimum absolute atomic E-state index is 0. The summed E-state index contributed by atoms with van der Waals surface area (Å²) in [7, 11) is 4.21. The molecule has 84 valence electrons. The van der Waals surface area contributed by atoms with Crippen LogP contribution in [0.5, 0.6) is 0 Å². The highest BCUT2D eigenvalue weighted by Crippen LogP contribution is 1.88. The first-order valence-corrected chi connectivity index (χ1v) is 3.88. The Kier molecular flexibility index (Phi) is 16.1. The molecule has 0 bridgehead atoms. The summed E-state index contributed by atoms with van der Waals surface area (Å²) in [5, 5.41) is 6.80. The van der Waals surface area contributed by atoms with E-state index in [-0.39, 0.29) is 37.2 Å². The van der Waals surface area contributed by atoms with E-state index in [1.54, 1.807) is 0 Å². The van der Waals surface area contributed by atoms with Gasteiger partial charge in [-0.15, -0.1) is 37.2 Å². The van der Waals surface area contributed by atoms with Crippen molar-refractivity contribution in [2.24, 2.45) is 0 Å². The van der Waals surface area contributed by atoms with Crippen LogP contribution in [0.2, 0.25) is 0 Å². The number of nitrogens with one attached hydrogen (secondary N) is 2. The molecule has 1 fully saturated rings. The first kappa shape index (κ1) is 19.3. The van der Waals surface area contributed by atoms with E-state index in [9.17, 15) is 0 Å². The third kappa shape index (κ3) is 9.06. The summed E-state index contributed by atoms with van der Waals surface area (Å²) in [5.41, 5.74) is 0.